The van der Waals surface area contributed by atoms with Crippen LogP contribution in [0.2, 0.25) is 0 Å². The molecule has 0 aromatic heterocycles. The molecule has 0 atom stereocenters. The Morgan fingerprint density at radius 2 is 1.90 bits per heavy atom. The maximum atomic E-state index is 11.9. The van der Waals surface area contributed by atoms with Crippen LogP contribution in [0.25, 0.3) is 6.08 Å². The van der Waals surface area contributed by atoms with Crippen LogP contribution in [0.1, 0.15) is 11.1 Å². The number of nitrogen functional groups attached to an aromatic ring is 1. The number of nitrogens with two attached hydrogens (primary N) is 1. The van der Waals surface area contributed by atoms with Gasteiger partial charge in [-0.25, -0.2) is 0 Å². The molecule has 0 unspecified atom stereocenters. The van der Waals surface area contributed by atoms with Gasteiger partial charge in [0.05, 0.1) is 5.69 Å². The summed E-state index contributed by atoms with van der Waals surface area (Å²) in [4.78, 5) is 11.9. The van der Waals surface area contributed by atoms with Crippen molar-refractivity contribution in [1.82, 2.24) is 0 Å². The van der Waals surface area contributed by atoms with Crippen LogP contribution in [0, 0.1) is 6.92 Å². The van der Waals surface area contributed by atoms with Crippen LogP contribution in [0.4, 0.5) is 11.4 Å². The van der Waals surface area contributed by atoms with E-state index in [1.54, 1.807) is 18.2 Å². The molecule has 0 aliphatic heterocycles. The smallest absolute Gasteiger partial charge is 0.248 e. The van der Waals surface area contributed by atoms with Crippen molar-refractivity contribution in [2.24, 2.45) is 0 Å². The number of hydrogen-bond acceptors (Lipinski definition) is 2. The number of nitrogens with one attached hydrogen (secondary N) is 1. The van der Waals surface area contributed by atoms with E-state index < -0.39 is 0 Å². The van der Waals surface area contributed by atoms with Gasteiger partial charge in [-0.2, -0.15) is 0 Å². The second-order valence-electron chi connectivity index (χ2n) is 4.43. The third kappa shape index (κ3) is 3.71. The third-order valence-corrected chi connectivity index (χ3v) is 3.87. The molecule has 0 aliphatic carbocycles. The number of halogens is 1. The van der Waals surface area contributed by atoms with Crippen molar-refractivity contribution in [3.05, 3.63) is 64.1 Å². The highest BCUT2D eigenvalue weighted by molar-refractivity contribution is 9.10. The second-order valence-corrected chi connectivity index (χ2v) is 5.22. The molecule has 20 heavy (non-hydrogen) atoms. The van der Waals surface area contributed by atoms with Crippen molar-refractivity contribution < 1.29 is 4.79 Å². The van der Waals surface area contributed by atoms with E-state index in [2.05, 4.69) is 21.2 Å². The van der Waals surface area contributed by atoms with Crippen LogP contribution in [0.5, 0.6) is 0 Å². The molecule has 2 rings (SSSR count). The van der Waals surface area contributed by atoms with Crippen LogP contribution >= 0.6 is 15.9 Å². The fraction of sp³-hybridized carbons (Fsp3) is 0.0625. The molecule has 0 fully saturated rings. The normalized spacial score (nSPS) is 10.7. The van der Waals surface area contributed by atoms with Gasteiger partial charge >= 0.3 is 0 Å². The Bertz CT molecular complexity index is 648. The highest BCUT2D eigenvalue weighted by Crippen LogP contribution is 2.25. The number of hydrogen-bond donors (Lipinski definition) is 2. The number of amides is 1. The fourth-order valence-electron chi connectivity index (χ4n) is 1.70. The van der Waals surface area contributed by atoms with Crippen molar-refractivity contribution in [3.8, 4) is 0 Å². The maximum Gasteiger partial charge on any atom is 0.248 e. The van der Waals surface area contributed by atoms with E-state index in [0.29, 0.717) is 5.69 Å². The topological polar surface area (TPSA) is 55.1 Å². The first-order valence-corrected chi connectivity index (χ1v) is 6.95. The quantitative estimate of drug-likeness (QED) is 0.660. The third-order valence-electron chi connectivity index (χ3n) is 2.81. The molecule has 102 valence electrons. The summed E-state index contributed by atoms with van der Waals surface area (Å²) in [5, 5.41) is 2.84. The van der Waals surface area contributed by atoms with Gasteiger partial charge in [-0.15, -0.1) is 0 Å². The van der Waals surface area contributed by atoms with Crippen LogP contribution in [-0.2, 0) is 4.79 Å². The van der Waals surface area contributed by atoms with Gasteiger partial charge in [0.2, 0.25) is 5.91 Å². The number of benzene rings is 2. The largest absolute Gasteiger partial charge is 0.399 e. The van der Waals surface area contributed by atoms with Gasteiger partial charge < -0.3 is 11.1 Å². The maximum absolute atomic E-state index is 11.9. The van der Waals surface area contributed by atoms with Gasteiger partial charge in [-0.3, -0.25) is 4.79 Å². The van der Waals surface area contributed by atoms with E-state index in [1.165, 1.54) is 6.08 Å². The number of carbonyl (C=O) groups is 1. The Morgan fingerprint density at radius 3 is 2.60 bits per heavy atom. The summed E-state index contributed by atoms with van der Waals surface area (Å²) in [5.41, 5.74) is 9.07. The molecule has 0 saturated carbocycles. The van der Waals surface area contributed by atoms with E-state index in [9.17, 15) is 4.79 Å². The molecule has 1 amide bonds. The van der Waals surface area contributed by atoms with E-state index in [4.69, 9.17) is 5.73 Å². The molecular weight excluding hydrogens is 316 g/mol. The summed E-state index contributed by atoms with van der Waals surface area (Å²) in [6.45, 7) is 1.98. The summed E-state index contributed by atoms with van der Waals surface area (Å²) in [7, 11) is 0. The molecule has 0 spiro atoms. The Labute approximate surface area is 126 Å². The summed E-state index contributed by atoms with van der Waals surface area (Å²) in [5.74, 6) is -0.173. The highest BCUT2D eigenvalue weighted by Gasteiger charge is 2.04. The molecule has 2 aromatic carbocycles. The van der Waals surface area contributed by atoms with Crippen molar-refractivity contribution in [2.75, 3.05) is 11.1 Å². The Kier molecular flexibility index (Phi) is 4.58. The molecule has 0 aliphatic rings. The van der Waals surface area contributed by atoms with Gasteiger partial charge in [0.1, 0.15) is 0 Å². The predicted molar refractivity (Wildman–Crippen MR) is 87.4 cm³/mol. The standard InChI is InChI=1S/C16H15BrN2O/c1-11-3-2-4-14(16(11)17)19-15(20)10-7-12-5-8-13(18)9-6-12/h2-10H,18H2,1H3,(H,19,20)/b10-7+. The van der Waals surface area contributed by atoms with Crippen LogP contribution in [0.15, 0.2) is 53.0 Å². The zero-order valence-corrected chi connectivity index (χ0v) is 12.6. The molecule has 4 heteroatoms. The average Bonchev–Trinajstić information content (AvgIpc) is 2.43. The van der Waals surface area contributed by atoms with Gasteiger partial charge in [0.15, 0.2) is 0 Å². The first kappa shape index (κ1) is 14.3. The second kappa shape index (κ2) is 6.39. The molecule has 3 nitrogen and oxygen atoms in total. The lowest BCUT2D eigenvalue weighted by Gasteiger charge is -2.07. The van der Waals surface area contributed by atoms with Crippen LogP contribution < -0.4 is 11.1 Å². The minimum absolute atomic E-state index is 0.173. The SMILES string of the molecule is Cc1cccc(NC(=O)/C=C/c2ccc(N)cc2)c1Br. The monoisotopic (exact) mass is 330 g/mol. The van der Waals surface area contributed by atoms with Gasteiger partial charge in [0, 0.05) is 16.2 Å². The van der Waals surface area contributed by atoms with Crippen molar-refractivity contribution in [2.45, 2.75) is 6.92 Å². The number of anilines is 2. The Balaban J connectivity index is 2.05. The average molecular weight is 331 g/mol. The lowest BCUT2D eigenvalue weighted by Crippen LogP contribution is -2.08. The number of aryl methyl sites for hydroxylation is 1. The molecule has 0 saturated heterocycles. The predicted octanol–water partition coefficient (Wildman–Crippen LogP) is 3.99. The van der Waals surface area contributed by atoms with Gasteiger partial charge in [-0.05, 0) is 58.3 Å². The van der Waals surface area contributed by atoms with Crippen LogP contribution in [-0.4, -0.2) is 5.91 Å². The highest BCUT2D eigenvalue weighted by atomic mass is 79.9. The molecule has 3 N–H and O–H groups in total. The molecule has 0 bridgehead atoms. The number of carbonyl (C=O) groups excluding carboxylic acids is 1. The summed E-state index contributed by atoms with van der Waals surface area (Å²) in [6.07, 6.45) is 3.25. The molecule has 0 radical (unpaired) electrons. The summed E-state index contributed by atoms with van der Waals surface area (Å²) >= 11 is 3.46. The van der Waals surface area contributed by atoms with Gasteiger partial charge in [-0.1, -0.05) is 24.3 Å². The van der Waals surface area contributed by atoms with Crippen molar-refractivity contribution >= 4 is 39.3 Å². The minimum Gasteiger partial charge on any atom is -0.399 e. The zero-order valence-electron chi connectivity index (χ0n) is 11.1. The zero-order chi connectivity index (χ0) is 14.5. The van der Waals surface area contributed by atoms with Gasteiger partial charge in [0.25, 0.3) is 0 Å². The van der Waals surface area contributed by atoms with Crippen LogP contribution in [0.3, 0.4) is 0 Å². The molecular formula is C16H15BrN2O. The molecule has 0 heterocycles. The number of rotatable bonds is 3. The first-order chi connectivity index (χ1) is 9.56. The van der Waals surface area contributed by atoms with Crippen molar-refractivity contribution in [3.63, 3.8) is 0 Å². The summed E-state index contributed by atoms with van der Waals surface area (Å²) in [6, 6.07) is 13.1. The fourth-order valence-corrected chi connectivity index (χ4v) is 2.06. The summed E-state index contributed by atoms with van der Waals surface area (Å²) < 4.78 is 0.897. The Hall–Kier alpha value is -2.07. The lowest BCUT2D eigenvalue weighted by molar-refractivity contribution is -0.111. The first-order valence-electron chi connectivity index (χ1n) is 6.16. The van der Waals surface area contributed by atoms with Crippen molar-refractivity contribution in [1.29, 1.82) is 0 Å². The van der Waals surface area contributed by atoms with E-state index in [-0.39, 0.29) is 5.91 Å². The Morgan fingerprint density at radius 1 is 1.20 bits per heavy atom. The van der Waals surface area contributed by atoms with E-state index in [0.717, 1.165) is 21.3 Å². The minimum atomic E-state index is -0.173. The molecule has 2 aromatic rings. The van der Waals surface area contributed by atoms with E-state index in [1.807, 2.05) is 37.3 Å². The van der Waals surface area contributed by atoms with E-state index >= 15 is 0 Å². The lowest BCUT2D eigenvalue weighted by atomic mass is 10.2.